The second kappa shape index (κ2) is 7.20. The van der Waals surface area contributed by atoms with E-state index in [1.54, 1.807) is 6.07 Å². The fraction of sp³-hybridized carbons (Fsp3) is 0.417. The van der Waals surface area contributed by atoms with Crippen molar-refractivity contribution in [2.24, 2.45) is 0 Å². The van der Waals surface area contributed by atoms with E-state index in [2.05, 4.69) is 26.1 Å². The van der Waals surface area contributed by atoms with Crippen molar-refractivity contribution in [2.45, 2.75) is 6.92 Å². The summed E-state index contributed by atoms with van der Waals surface area (Å²) >= 11 is 3.08. The van der Waals surface area contributed by atoms with Gasteiger partial charge in [-0.05, 0) is 41.7 Å². The lowest BCUT2D eigenvalue weighted by molar-refractivity contribution is -0.385. The first-order chi connectivity index (χ1) is 8.95. The Balaban J connectivity index is 2.67. The summed E-state index contributed by atoms with van der Waals surface area (Å²) < 4.78 is 0.361. The van der Waals surface area contributed by atoms with Crippen LogP contribution in [-0.4, -0.2) is 42.4 Å². The number of amides is 1. The molecule has 104 valence electrons. The number of halogens is 1. The number of nitro benzene ring substituents is 1. The van der Waals surface area contributed by atoms with Gasteiger partial charge in [0.1, 0.15) is 0 Å². The van der Waals surface area contributed by atoms with Crippen molar-refractivity contribution in [3.8, 4) is 0 Å². The Morgan fingerprint density at radius 3 is 2.79 bits per heavy atom. The quantitative estimate of drug-likeness (QED) is 0.640. The van der Waals surface area contributed by atoms with Gasteiger partial charge >= 0.3 is 0 Å². The van der Waals surface area contributed by atoms with Gasteiger partial charge in [0.05, 0.1) is 9.40 Å². The summed E-state index contributed by atoms with van der Waals surface area (Å²) in [5.74, 6) is -0.305. The number of hydrogen-bond donors (Lipinski definition) is 1. The van der Waals surface area contributed by atoms with Crippen LogP contribution in [0.4, 0.5) is 5.69 Å². The number of hydrogen-bond acceptors (Lipinski definition) is 4. The van der Waals surface area contributed by atoms with Crippen LogP contribution < -0.4 is 5.32 Å². The number of rotatable bonds is 6. The van der Waals surface area contributed by atoms with Crippen LogP contribution in [0.5, 0.6) is 0 Å². The van der Waals surface area contributed by atoms with Crippen LogP contribution in [0, 0.1) is 10.1 Å². The van der Waals surface area contributed by atoms with Gasteiger partial charge in [-0.3, -0.25) is 14.9 Å². The van der Waals surface area contributed by atoms with Gasteiger partial charge in [-0.15, -0.1) is 0 Å². The highest BCUT2D eigenvalue weighted by Gasteiger charge is 2.15. The smallest absolute Gasteiger partial charge is 0.284 e. The minimum absolute atomic E-state index is 0.113. The van der Waals surface area contributed by atoms with E-state index in [9.17, 15) is 14.9 Å². The molecular weight excluding hydrogens is 314 g/mol. The number of carbonyl (C=O) groups excluding carboxylic acids is 1. The molecule has 1 amide bonds. The maximum Gasteiger partial charge on any atom is 0.284 e. The van der Waals surface area contributed by atoms with Gasteiger partial charge in [0, 0.05) is 24.7 Å². The van der Waals surface area contributed by atoms with Crippen molar-refractivity contribution in [1.29, 1.82) is 0 Å². The lowest BCUT2D eigenvalue weighted by Gasteiger charge is -2.13. The van der Waals surface area contributed by atoms with Crippen molar-refractivity contribution < 1.29 is 9.72 Å². The van der Waals surface area contributed by atoms with Gasteiger partial charge in [-0.2, -0.15) is 0 Å². The van der Waals surface area contributed by atoms with Gasteiger partial charge in [-0.1, -0.05) is 6.92 Å². The van der Waals surface area contributed by atoms with Crippen LogP contribution >= 0.6 is 15.9 Å². The zero-order valence-electron chi connectivity index (χ0n) is 10.9. The summed E-state index contributed by atoms with van der Waals surface area (Å²) in [4.78, 5) is 24.1. The molecule has 0 radical (unpaired) electrons. The molecule has 0 aliphatic carbocycles. The van der Waals surface area contributed by atoms with Crippen LogP contribution in [-0.2, 0) is 0 Å². The molecule has 19 heavy (non-hydrogen) atoms. The number of likely N-dealkylation sites (N-methyl/N-ethyl adjacent to an activating group) is 1. The first kappa shape index (κ1) is 15.6. The number of benzene rings is 1. The SMILES string of the molecule is CCN(C)CCNC(=O)c1ccc(Br)c([N+](=O)[O-])c1. The highest BCUT2D eigenvalue weighted by Crippen LogP contribution is 2.25. The normalized spacial score (nSPS) is 10.5. The Kier molecular flexibility index (Phi) is 5.91. The minimum Gasteiger partial charge on any atom is -0.351 e. The Morgan fingerprint density at radius 2 is 2.21 bits per heavy atom. The number of nitro groups is 1. The largest absolute Gasteiger partial charge is 0.351 e. The van der Waals surface area contributed by atoms with E-state index in [-0.39, 0.29) is 17.2 Å². The van der Waals surface area contributed by atoms with E-state index in [1.807, 2.05) is 14.0 Å². The minimum atomic E-state index is -0.522. The number of nitrogens with zero attached hydrogens (tertiary/aromatic N) is 2. The maximum absolute atomic E-state index is 11.8. The molecule has 0 aliphatic heterocycles. The third-order valence-electron chi connectivity index (χ3n) is 2.72. The summed E-state index contributed by atoms with van der Waals surface area (Å²) in [5, 5.41) is 13.5. The predicted octanol–water partition coefficient (Wildman–Crippen LogP) is 2.04. The summed E-state index contributed by atoms with van der Waals surface area (Å²) in [5.41, 5.74) is 0.173. The molecule has 0 bridgehead atoms. The summed E-state index contributed by atoms with van der Waals surface area (Å²) in [6.45, 7) is 4.17. The number of carbonyl (C=O) groups is 1. The first-order valence-electron chi connectivity index (χ1n) is 5.86. The highest BCUT2D eigenvalue weighted by molar-refractivity contribution is 9.10. The number of nitrogens with one attached hydrogen (secondary N) is 1. The molecule has 0 aliphatic rings. The molecule has 0 saturated heterocycles. The van der Waals surface area contributed by atoms with E-state index >= 15 is 0 Å². The van der Waals surface area contributed by atoms with Gasteiger partial charge < -0.3 is 10.2 Å². The van der Waals surface area contributed by atoms with Crippen molar-refractivity contribution in [3.63, 3.8) is 0 Å². The van der Waals surface area contributed by atoms with E-state index < -0.39 is 4.92 Å². The van der Waals surface area contributed by atoms with Gasteiger partial charge in [0.15, 0.2) is 0 Å². The van der Waals surface area contributed by atoms with E-state index in [0.29, 0.717) is 11.0 Å². The molecule has 0 fully saturated rings. The fourth-order valence-corrected chi connectivity index (χ4v) is 1.81. The summed E-state index contributed by atoms with van der Waals surface area (Å²) in [6, 6.07) is 4.32. The van der Waals surface area contributed by atoms with Crippen LogP contribution in [0.3, 0.4) is 0 Å². The van der Waals surface area contributed by atoms with E-state index in [4.69, 9.17) is 0 Å². The first-order valence-corrected chi connectivity index (χ1v) is 6.65. The fourth-order valence-electron chi connectivity index (χ4n) is 1.41. The third kappa shape index (κ3) is 4.60. The van der Waals surface area contributed by atoms with Crippen LogP contribution in [0.25, 0.3) is 0 Å². The van der Waals surface area contributed by atoms with Crippen LogP contribution in [0.15, 0.2) is 22.7 Å². The van der Waals surface area contributed by atoms with Crippen molar-refractivity contribution >= 4 is 27.5 Å². The lowest BCUT2D eigenvalue weighted by Crippen LogP contribution is -2.32. The summed E-state index contributed by atoms with van der Waals surface area (Å²) in [6.07, 6.45) is 0. The Labute approximate surface area is 120 Å². The topological polar surface area (TPSA) is 75.5 Å². The van der Waals surface area contributed by atoms with E-state index in [1.165, 1.54) is 12.1 Å². The van der Waals surface area contributed by atoms with Crippen molar-refractivity contribution in [3.05, 3.63) is 38.3 Å². The molecule has 0 aromatic heterocycles. The molecule has 0 heterocycles. The summed E-state index contributed by atoms with van der Waals surface area (Å²) in [7, 11) is 1.95. The Morgan fingerprint density at radius 1 is 1.53 bits per heavy atom. The van der Waals surface area contributed by atoms with Crippen LogP contribution in [0.2, 0.25) is 0 Å². The van der Waals surface area contributed by atoms with Crippen molar-refractivity contribution in [1.82, 2.24) is 10.2 Å². The molecule has 0 unspecified atom stereocenters. The molecular formula is C12H16BrN3O3. The van der Waals surface area contributed by atoms with Gasteiger partial charge in [0.25, 0.3) is 11.6 Å². The van der Waals surface area contributed by atoms with E-state index in [0.717, 1.165) is 13.1 Å². The van der Waals surface area contributed by atoms with Crippen LogP contribution in [0.1, 0.15) is 17.3 Å². The van der Waals surface area contributed by atoms with Gasteiger partial charge in [-0.25, -0.2) is 0 Å². The second-order valence-electron chi connectivity index (χ2n) is 4.08. The third-order valence-corrected chi connectivity index (χ3v) is 3.39. The highest BCUT2D eigenvalue weighted by atomic mass is 79.9. The standard InChI is InChI=1S/C12H16BrN3O3/c1-3-15(2)7-6-14-12(17)9-4-5-10(13)11(8-9)16(18)19/h4-5,8H,3,6-7H2,1-2H3,(H,14,17). The molecule has 1 rings (SSSR count). The second-order valence-corrected chi connectivity index (χ2v) is 4.93. The van der Waals surface area contributed by atoms with Crippen molar-refractivity contribution in [2.75, 3.05) is 26.7 Å². The molecule has 1 N–H and O–H groups in total. The van der Waals surface area contributed by atoms with Gasteiger partial charge in [0.2, 0.25) is 0 Å². The molecule has 6 nitrogen and oxygen atoms in total. The molecule has 1 aromatic carbocycles. The lowest BCUT2D eigenvalue weighted by atomic mass is 10.2. The zero-order valence-corrected chi connectivity index (χ0v) is 12.4. The molecule has 0 saturated carbocycles. The molecule has 1 aromatic rings. The Hall–Kier alpha value is -1.47. The predicted molar refractivity (Wildman–Crippen MR) is 76.3 cm³/mol. The maximum atomic E-state index is 11.8. The average Bonchev–Trinajstić information content (AvgIpc) is 2.38. The molecule has 0 spiro atoms. The molecule has 7 heteroatoms. The monoisotopic (exact) mass is 329 g/mol. The molecule has 0 atom stereocenters. The zero-order chi connectivity index (χ0) is 14.4. The Bertz CT molecular complexity index is 479. The average molecular weight is 330 g/mol.